The van der Waals surface area contributed by atoms with Crippen LogP contribution in [0.3, 0.4) is 0 Å². The van der Waals surface area contributed by atoms with Crippen molar-refractivity contribution < 1.29 is 23.5 Å². The van der Waals surface area contributed by atoms with E-state index in [0.29, 0.717) is 11.1 Å². The van der Waals surface area contributed by atoms with Crippen LogP contribution < -0.4 is 10.9 Å². The third-order valence-electron chi connectivity index (χ3n) is 3.54. The van der Waals surface area contributed by atoms with E-state index in [1.165, 1.54) is 37.1 Å². The number of hydrogen-bond acceptors (Lipinski definition) is 7. The molecule has 3 aromatic rings. The van der Waals surface area contributed by atoms with Crippen LogP contribution in [0.5, 0.6) is 5.75 Å². The molecule has 0 radical (unpaired) electrons. The van der Waals surface area contributed by atoms with Crippen LogP contribution in [0.2, 0.25) is 0 Å². The van der Waals surface area contributed by atoms with E-state index in [0.717, 1.165) is 5.56 Å². The smallest absolute Gasteiger partial charge is 0.307 e. The van der Waals surface area contributed by atoms with Crippen LogP contribution in [0.4, 0.5) is 0 Å². The largest absolute Gasteiger partial charge is 0.507 e. The molecule has 9 nitrogen and oxygen atoms in total. The molecule has 0 aliphatic carbocycles. The van der Waals surface area contributed by atoms with E-state index < -0.39 is 11.8 Å². The van der Waals surface area contributed by atoms with E-state index in [1.807, 2.05) is 6.92 Å². The number of aryl methyl sites for hydroxylation is 1. The number of phenolic OH excluding ortho intramolecular Hbond substituents is 1. The quantitative estimate of drug-likeness (QED) is 0.447. The van der Waals surface area contributed by atoms with Gasteiger partial charge in [-0.25, -0.2) is 10.9 Å². The van der Waals surface area contributed by atoms with Gasteiger partial charge in [-0.05, 0) is 48.9 Å². The molecule has 0 saturated carbocycles. The van der Waals surface area contributed by atoms with E-state index in [4.69, 9.17) is 8.83 Å². The third-order valence-corrected chi connectivity index (χ3v) is 3.54. The summed E-state index contributed by atoms with van der Waals surface area (Å²) in [6.07, 6.45) is 5.34. The first-order valence-corrected chi connectivity index (χ1v) is 8.12. The molecule has 0 saturated heterocycles. The molecule has 142 valence electrons. The molecule has 0 aliphatic heterocycles. The Balaban J connectivity index is 1.69. The van der Waals surface area contributed by atoms with Crippen LogP contribution >= 0.6 is 0 Å². The van der Waals surface area contributed by atoms with Gasteiger partial charge in [0.15, 0.2) is 11.5 Å². The fraction of sp³-hybridized carbons (Fsp3) is 0.0526. The molecule has 3 N–H and O–H groups in total. The normalized spacial score (nSPS) is 11.2. The van der Waals surface area contributed by atoms with Gasteiger partial charge in [0.25, 0.3) is 0 Å². The summed E-state index contributed by atoms with van der Waals surface area (Å²) in [7, 11) is 0. The van der Waals surface area contributed by atoms with Crippen molar-refractivity contribution in [3.8, 4) is 5.75 Å². The Morgan fingerprint density at radius 3 is 1.79 bits per heavy atom. The van der Waals surface area contributed by atoms with E-state index >= 15 is 0 Å². The van der Waals surface area contributed by atoms with Crippen molar-refractivity contribution in [2.24, 2.45) is 10.2 Å². The average Bonchev–Trinajstić information content (AvgIpc) is 3.38. The number of carbonyl (C=O) groups excluding carboxylic acids is 2. The summed E-state index contributed by atoms with van der Waals surface area (Å²) in [4.78, 5) is 23.5. The first-order chi connectivity index (χ1) is 13.5. The number of hydrogen-bond donors (Lipinski definition) is 3. The Hall–Kier alpha value is -4.14. The number of carbonyl (C=O) groups is 2. The molecular weight excluding hydrogens is 364 g/mol. The van der Waals surface area contributed by atoms with Gasteiger partial charge in [-0.15, -0.1) is 0 Å². The second-order valence-electron chi connectivity index (χ2n) is 5.64. The zero-order chi connectivity index (χ0) is 19.9. The summed E-state index contributed by atoms with van der Waals surface area (Å²) in [5, 5.41) is 18.0. The number of amides is 2. The molecule has 2 heterocycles. The molecule has 0 aliphatic rings. The van der Waals surface area contributed by atoms with Gasteiger partial charge in [0.1, 0.15) is 5.75 Å². The SMILES string of the molecule is Cc1cc(C=NNC(=O)c2ccco2)c(O)c(C=NNC(=O)c2ccco2)c1. The maximum Gasteiger partial charge on any atom is 0.307 e. The van der Waals surface area contributed by atoms with Crippen LogP contribution in [0.25, 0.3) is 0 Å². The molecule has 2 amide bonds. The molecule has 0 bridgehead atoms. The van der Waals surface area contributed by atoms with E-state index in [-0.39, 0.29) is 17.3 Å². The summed E-state index contributed by atoms with van der Waals surface area (Å²) in [5.74, 6) is -0.916. The van der Waals surface area contributed by atoms with Gasteiger partial charge in [-0.3, -0.25) is 9.59 Å². The molecule has 1 aromatic carbocycles. The van der Waals surface area contributed by atoms with Crippen molar-refractivity contribution in [3.63, 3.8) is 0 Å². The number of aromatic hydroxyl groups is 1. The van der Waals surface area contributed by atoms with Crippen molar-refractivity contribution in [1.29, 1.82) is 0 Å². The lowest BCUT2D eigenvalue weighted by molar-refractivity contribution is 0.0920. The number of phenols is 1. The highest BCUT2D eigenvalue weighted by molar-refractivity contribution is 5.95. The van der Waals surface area contributed by atoms with Crippen LogP contribution in [0.1, 0.15) is 37.8 Å². The van der Waals surface area contributed by atoms with Gasteiger partial charge >= 0.3 is 11.8 Å². The lowest BCUT2D eigenvalue weighted by Crippen LogP contribution is -2.17. The molecule has 0 unspecified atom stereocenters. The number of nitrogens with zero attached hydrogens (tertiary/aromatic N) is 2. The van der Waals surface area contributed by atoms with Gasteiger partial charge in [-0.1, -0.05) is 0 Å². The summed E-state index contributed by atoms with van der Waals surface area (Å²) in [5.41, 5.74) is 6.13. The third kappa shape index (κ3) is 4.52. The van der Waals surface area contributed by atoms with Crippen LogP contribution in [0, 0.1) is 6.92 Å². The highest BCUT2D eigenvalue weighted by atomic mass is 16.3. The maximum atomic E-state index is 11.8. The fourth-order valence-electron chi connectivity index (χ4n) is 2.28. The average molecular weight is 380 g/mol. The molecular formula is C19H16N4O5. The van der Waals surface area contributed by atoms with Crippen LogP contribution in [-0.2, 0) is 0 Å². The Labute approximate surface area is 159 Å². The zero-order valence-electron chi connectivity index (χ0n) is 14.7. The summed E-state index contributed by atoms with van der Waals surface area (Å²) in [6.45, 7) is 1.82. The van der Waals surface area contributed by atoms with E-state index in [9.17, 15) is 14.7 Å². The summed E-state index contributed by atoms with van der Waals surface area (Å²) in [6, 6.07) is 9.52. The fourth-order valence-corrected chi connectivity index (χ4v) is 2.28. The van der Waals surface area contributed by atoms with E-state index in [2.05, 4.69) is 21.1 Å². The van der Waals surface area contributed by atoms with Crippen LogP contribution in [-0.4, -0.2) is 29.4 Å². The maximum absolute atomic E-state index is 11.8. The van der Waals surface area contributed by atoms with Crippen molar-refractivity contribution >= 4 is 24.2 Å². The number of rotatable bonds is 6. The standard InChI is InChI=1S/C19H16N4O5/c1-12-8-13(10-20-22-18(25)15-4-2-6-27-15)17(24)14(9-12)11-21-23-19(26)16-5-3-7-28-16/h2-11,24H,1H3,(H,22,25)(H,23,26). The molecule has 0 spiro atoms. The number of nitrogens with one attached hydrogen (secondary N) is 2. The van der Waals surface area contributed by atoms with Gasteiger partial charge in [0.2, 0.25) is 0 Å². The first-order valence-electron chi connectivity index (χ1n) is 8.12. The molecule has 0 fully saturated rings. The van der Waals surface area contributed by atoms with Crippen molar-refractivity contribution in [1.82, 2.24) is 10.9 Å². The lowest BCUT2D eigenvalue weighted by atomic mass is 10.1. The second-order valence-corrected chi connectivity index (χ2v) is 5.64. The minimum absolute atomic E-state index is 0.113. The topological polar surface area (TPSA) is 129 Å². The zero-order valence-corrected chi connectivity index (χ0v) is 14.7. The van der Waals surface area contributed by atoms with E-state index in [1.54, 1.807) is 24.3 Å². The van der Waals surface area contributed by atoms with Gasteiger partial charge in [-0.2, -0.15) is 10.2 Å². The monoisotopic (exact) mass is 380 g/mol. The Morgan fingerprint density at radius 2 is 1.39 bits per heavy atom. The second kappa shape index (κ2) is 8.49. The Morgan fingerprint density at radius 1 is 0.929 bits per heavy atom. The predicted octanol–water partition coefficient (Wildman–Crippen LogP) is 2.41. The minimum Gasteiger partial charge on any atom is -0.507 e. The Bertz CT molecular complexity index is 942. The lowest BCUT2D eigenvalue weighted by Gasteiger charge is -2.05. The van der Waals surface area contributed by atoms with Crippen LogP contribution in [0.15, 0.2) is 68.0 Å². The minimum atomic E-state index is -0.518. The first kappa shape index (κ1) is 18.6. The highest BCUT2D eigenvalue weighted by Crippen LogP contribution is 2.21. The molecule has 28 heavy (non-hydrogen) atoms. The molecule has 2 aromatic heterocycles. The number of hydrazone groups is 2. The van der Waals surface area contributed by atoms with Gasteiger partial charge in [0, 0.05) is 11.1 Å². The van der Waals surface area contributed by atoms with Gasteiger partial charge in [0.05, 0.1) is 25.0 Å². The summed E-state index contributed by atoms with van der Waals surface area (Å²) < 4.78 is 9.91. The predicted molar refractivity (Wildman–Crippen MR) is 100 cm³/mol. The van der Waals surface area contributed by atoms with Crippen molar-refractivity contribution in [3.05, 3.63) is 77.1 Å². The highest BCUT2D eigenvalue weighted by Gasteiger charge is 2.09. The van der Waals surface area contributed by atoms with Crippen molar-refractivity contribution in [2.45, 2.75) is 6.92 Å². The molecule has 9 heteroatoms. The number of furan rings is 2. The summed E-state index contributed by atoms with van der Waals surface area (Å²) >= 11 is 0. The molecule has 0 atom stereocenters. The number of benzene rings is 1. The molecule has 3 rings (SSSR count). The Kier molecular flexibility index (Phi) is 5.66. The van der Waals surface area contributed by atoms with Crippen molar-refractivity contribution in [2.75, 3.05) is 0 Å². The van der Waals surface area contributed by atoms with Gasteiger partial charge < -0.3 is 13.9 Å².